The van der Waals surface area contributed by atoms with Crippen molar-refractivity contribution < 1.29 is 4.79 Å². The lowest BCUT2D eigenvalue weighted by molar-refractivity contribution is -0.117. The maximum Gasteiger partial charge on any atom is 0.225 e. The van der Waals surface area contributed by atoms with Gasteiger partial charge in [0.1, 0.15) is 6.17 Å². The van der Waals surface area contributed by atoms with Crippen molar-refractivity contribution in [3.63, 3.8) is 0 Å². The maximum atomic E-state index is 12.4. The van der Waals surface area contributed by atoms with Gasteiger partial charge in [0, 0.05) is 25.4 Å². The van der Waals surface area contributed by atoms with Crippen molar-refractivity contribution in [3.8, 4) is 0 Å². The first kappa shape index (κ1) is 19.3. The number of unbranched alkanes of at least 4 members (excludes halogenated alkanes) is 1. The minimum Gasteiger partial charge on any atom is -0.333 e. The van der Waals surface area contributed by atoms with Gasteiger partial charge in [-0.2, -0.15) is 0 Å². The number of carbonyl (C=O) groups excluding carboxylic acids is 1. The molecule has 1 amide bonds. The average molecular weight is 374 g/mol. The quantitative estimate of drug-likeness (QED) is 0.726. The van der Waals surface area contributed by atoms with Gasteiger partial charge in [-0.3, -0.25) is 14.7 Å². The standard InChI is InChI=1S/C21H31N3OS/c1-4-5-8-17-11-13-19(14-12-17)24(16(2)25)20-15-26-21(23(20)3)22-18-9-6-7-10-18/h11-14,18,20H,4-10,15H2,1-3H3. The molecule has 142 valence electrons. The Kier molecular flexibility index (Phi) is 6.63. The summed E-state index contributed by atoms with van der Waals surface area (Å²) in [5.41, 5.74) is 2.33. The monoisotopic (exact) mass is 373 g/mol. The lowest BCUT2D eigenvalue weighted by Gasteiger charge is -2.33. The molecular weight excluding hydrogens is 342 g/mol. The van der Waals surface area contributed by atoms with Crippen LogP contribution in [-0.2, 0) is 11.2 Å². The highest BCUT2D eigenvalue weighted by atomic mass is 32.2. The Hall–Kier alpha value is -1.49. The molecule has 4 nitrogen and oxygen atoms in total. The summed E-state index contributed by atoms with van der Waals surface area (Å²) < 4.78 is 0. The Balaban J connectivity index is 1.74. The summed E-state index contributed by atoms with van der Waals surface area (Å²) in [6.07, 6.45) is 8.56. The first-order valence-corrected chi connectivity index (χ1v) is 10.9. The Morgan fingerprint density at radius 2 is 1.96 bits per heavy atom. The molecule has 0 radical (unpaired) electrons. The fourth-order valence-corrected chi connectivity index (χ4v) is 5.04. The van der Waals surface area contributed by atoms with E-state index in [2.05, 4.69) is 43.1 Å². The molecule has 1 aromatic rings. The zero-order chi connectivity index (χ0) is 18.5. The van der Waals surface area contributed by atoms with Gasteiger partial charge in [-0.05, 0) is 43.4 Å². The van der Waals surface area contributed by atoms with Crippen LogP contribution in [0.1, 0.15) is 57.9 Å². The molecule has 0 N–H and O–H groups in total. The molecule has 1 saturated heterocycles. The van der Waals surface area contributed by atoms with Crippen molar-refractivity contribution in [2.45, 2.75) is 71.0 Å². The van der Waals surface area contributed by atoms with Crippen LogP contribution in [-0.4, -0.2) is 41.0 Å². The number of aliphatic imine (C=N–C) groups is 1. The molecule has 1 unspecified atom stereocenters. The van der Waals surface area contributed by atoms with E-state index in [1.807, 2.05) is 4.90 Å². The Labute approximate surface area is 162 Å². The lowest BCUT2D eigenvalue weighted by atomic mass is 10.1. The normalized spacial score (nSPS) is 22.3. The van der Waals surface area contributed by atoms with Crippen LogP contribution in [0.2, 0.25) is 0 Å². The first-order valence-electron chi connectivity index (χ1n) is 9.92. The van der Waals surface area contributed by atoms with Crippen molar-refractivity contribution in [2.75, 3.05) is 17.7 Å². The number of anilines is 1. The van der Waals surface area contributed by atoms with Crippen LogP contribution >= 0.6 is 11.8 Å². The SMILES string of the molecule is CCCCc1ccc(N(C(C)=O)C2CSC(=NC3CCCC3)N2C)cc1. The summed E-state index contributed by atoms with van der Waals surface area (Å²) in [5, 5.41) is 1.09. The van der Waals surface area contributed by atoms with E-state index in [0.29, 0.717) is 6.04 Å². The fourth-order valence-electron chi connectivity index (χ4n) is 3.82. The third kappa shape index (κ3) is 4.43. The second kappa shape index (κ2) is 8.94. The Morgan fingerprint density at radius 3 is 2.58 bits per heavy atom. The van der Waals surface area contributed by atoms with E-state index in [0.717, 1.165) is 23.0 Å². The van der Waals surface area contributed by atoms with Gasteiger partial charge in [0.2, 0.25) is 5.91 Å². The highest BCUT2D eigenvalue weighted by Crippen LogP contribution is 2.31. The van der Waals surface area contributed by atoms with E-state index in [4.69, 9.17) is 4.99 Å². The predicted octanol–water partition coefficient (Wildman–Crippen LogP) is 4.69. The summed E-state index contributed by atoms with van der Waals surface area (Å²) in [6, 6.07) is 8.99. The third-order valence-electron chi connectivity index (χ3n) is 5.40. The number of rotatable bonds is 6. The van der Waals surface area contributed by atoms with Crippen LogP contribution in [0.3, 0.4) is 0 Å². The number of hydrogen-bond acceptors (Lipinski definition) is 3. The maximum absolute atomic E-state index is 12.4. The molecule has 2 aliphatic rings. The molecule has 1 atom stereocenters. The third-order valence-corrected chi connectivity index (χ3v) is 6.52. The number of aryl methyl sites for hydroxylation is 1. The summed E-state index contributed by atoms with van der Waals surface area (Å²) in [4.78, 5) is 21.5. The van der Waals surface area contributed by atoms with Crippen LogP contribution < -0.4 is 4.90 Å². The zero-order valence-electron chi connectivity index (χ0n) is 16.3. The number of benzene rings is 1. The summed E-state index contributed by atoms with van der Waals surface area (Å²) in [6.45, 7) is 3.87. The van der Waals surface area contributed by atoms with Gasteiger partial charge in [0.25, 0.3) is 0 Å². The largest absolute Gasteiger partial charge is 0.333 e. The summed E-state index contributed by atoms with van der Waals surface area (Å²) in [7, 11) is 2.07. The molecule has 0 bridgehead atoms. The van der Waals surface area contributed by atoms with E-state index in [1.54, 1.807) is 18.7 Å². The van der Waals surface area contributed by atoms with E-state index in [-0.39, 0.29) is 12.1 Å². The van der Waals surface area contributed by atoms with Crippen LogP contribution in [0.5, 0.6) is 0 Å². The fraction of sp³-hybridized carbons (Fsp3) is 0.619. The molecule has 1 saturated carbocycles. The number of carbonyl (C=O) groups is 1. The van der Waals surface area contributed by atoms with Gasteiger partial charge in [-0.15, -0.1) is 0 Å². The van der Waals surface area contributed by atoms with Gasteiger partial charge in [-0.1, -0.05) is 50.1 Å². The van der Waals surface area contributed by atoms with Crippen molar-refractivity contribution in [2.24, 2.45) is 4.99 Å². The van der Waals surface area contributed by atoms with E-state index in [1.165, 1.54) is 44.1 Å². The summed E-state index contributed by atoms with van der Waals surface area (Å²) >= 11 is 1.78. The molecular formula is C21H31N3OS. The molecule has 5 heteroatoms. The Bertz CT molecular complexity index is 637. The predicted molar refractivity (Wildman–Crippen MR) is 112 cm³/mol. The highest BCUT2D eigenvalue weighted by molar-refractivity contribution is 8.14. The van der Waals surface area contributed by atoms with Crippen molar-refractivity contribution in [1.29, 1.82) is 0 Å². The van der Waals surface area contributed by atoms with E-state index >= 15 is 0 Å². The van der Waals surface area contributed by atoms with Crippen LogP contribution in [0.4, 0.5) is 5.69 Å². The molecule has 0 spiro atoms. The zero-order valence-corrected chi connectivity index (χ0v) is 17.1. The van der Waals surface area contributed by atoms with Gasteiger partial charge in [0.15, 0.2) is 5.17 Å². The van der Waals surface area contributed by atoms with Crippen LogP contribution in [0.25, 0.3) is 0 Å². The number of thioether (sulfide) groups is 1. The highest BCUT2D eigenvalue weighted by Gasteiger charge is 2.35. The molecule has 1 heterocycles. The molecule has 2 fully saturated rings. The number of amides is 1. The van der Waals surface area contributed by atoms with Crippen molar-refractivity contribution in [3.05, 3.63) is 29.8 Å². The second-order valence-electron chi connectivity index (χ2n) is 7.41. The van der Waals surface area contributed by atoms with E-state index in [9.17, 15) is 4.79 Å². The summed E-state index contributed by atoms with van der Waals surface area (Å²) in [5.74, 6) is 0.963. The van der Waals surface area contributed by atoms with Gasteiger partial charge in [-0.25, -0.2) is 0 Å². The van der Waals surface area contributed by atoms with Crippen LogP contribution in [0, 0.1) is 0 Å². The number of nitrogens with zero attached hydrogens (tertiary/aromatic N) is 3. The number of hydrogen-bond donors (Lipinski definition) is 0. The second-order valence-corrected chi connectivity index (χ2v) is 8.40. The minimum atomic E-state index is 0.0409. The van der Waals surface area contributed by atoms with Crippen LogP contribution in [0.15, 0.2) is 29.3 Å². The molecule has 1 aliphatic heterocycles. The lowest BCUT2D eigenvalue weighted by Crippen LogP contribution is -2.48. The van der Waals surface area contributed by atoms with Gasteiger partial charge < -0.3 is 4.90 Å². The van der Waals surface area contributed by atoms with E-state index < -0.39 is 0 Å². The minimum absolute atomic E-state index is 0.0409. The molecule has 1 aromatic carbocycles. The molecule has 1 aliphatic carbocycles. The topological polar surface area (TPSA) is 35.9 Å². The van der Waals surface area contributed by atoms with Crippen molar-refractivity contribution in [1.82, 2.24) is 4.90 Å². The average Bonchev–Trinajstić information content (AvgIpc) is 3.26. The first-order chi connectivity index (χ1) is 12.6. The van der Waals surface area contributed by atoms with Crippen molar-refractivity contribution >= 4 is 28.5 Å². The molecule has 26 heavy (non-hydrogen) atoms. The molecule has 3 rings (SSSR count). The smallest absolute Gasteiger partial charge is 0.225 e. The number of amidine groups is 1. The molecule has 0 aromatic heterocycles. The van der Waals surface area contributed by atoms with Gasteiger partial charge >= 0.3 is 0 Å². The Morgan fingerprint density at radius 1 is 1.27 bits per heavy atom. The van der Waals surface area contributed by atoms with Gasteiger partial charge in [0.05, 0.1) is 6.04 Å².